The highest BCUT2D eigenvalue weighted by Crippen LogP contribution is 2.41. The van der Waals surface area contributed by atoms with Gasteiger partial charge in [0.05, 0.1) is 17.7 Å². The fourth-order valence-electron chi connectivity index (χ4n) is 2.56. The van der Waals surface area contributed by atoms with E-state index in [1.54, 1.807) is 32.0 Å². The molecule has 0 fully saturated rings. The van der Waals surface area contributed by atoms with Crippen molar-refractivity contribution < 1.29 is 19.2 Å². The van der Waals surface area contributed by atoms with Crippen LogP contribution in [0.5, 0.6) is 5.75 Å². The number of hydrogen-bond donors (Lipinski definition) is 1. The van der Waals surface area contributed by atoms with Crippen molar-refractivity contribution in [3.63, 3.8) is 0 Å². The van der Waals surface area contributed by atoms with Crippen LogP contribution in [0.2, 0.25) is 0 Å². The Morgan fingerprint density at radius 2 is 1.95 bits per heavy atom. The Bertz CT molecular complexity index is 818. The first kappa shape index (κ1) is 13.4. The van der Waals surface area contributed by atoms with Gasteiger partial charge in [-0.1, -0.05) is 0 Å². The molecule has 1 aromatic carbocycles. The lowest BCUT2D eigenvalue weighted by atomic mass is 9.83. The lowest BCUT2D eigenvalue weighted by molar-refractivity contribution is -0.133. The minimum atomic E-state index is -1.05. The Morgan fingerprint density at radius 1 is 1.24 bits per heavy atom. The van der Waals surface area contributed by atoms with Crippen molar-refractivity contribution in [2.24, 2.45) is 5.16 Å². The molecular formula is C15H13NO5. The summed E-state index contributed by atoms with van der Waals surface area (Å²) in [4.78, 5) is 23.9. The first-order valence-electron chi connectivity index (χ1n) is 6.41. The van der Waals surface area contributed by atoms with Crippen LogP contribution < -0.4 is 10.4 Å². The number of ketones is 1. The van der Waals surface area contributed by atoms with E-state index in [0.29, 0.717) is 16.7 Å². The Kier molecular flexibility index (Phi) is 2.83. The van der Waals surface area contributed by atoms with Crippen LogP contribution in [0.3, 0.4) is 0 Å². The van der Waals surface area contributed by atoms with Gasteiger partial charge < -0.3 is 14.4 Å². The third kappa shape index (κ3) is 1.99. The summed E-state index contributed by atoms with van der Waals surface area (Å²) in [5.74, 6) is -0.666. The van der Waals surface area contributed by atoms with Crippen molar-refractivity contribution in [1.82, 2.24) is 0 Å². The van der Waals surface area contributed by atoms with E-state index in [1.165, 1.54) is 6.07 Å². The van der Waals surface area contributed by atoms with E-state index in [2.05, 4.69) is 5.16 Å². The zero-order valence-corrected chi connectivity index (χ0v) is 11.5. The molecule has 0 radical (unpaired) electrons. The van der Waals surface area contributed by atoms with E-state index < -0.39 is 17.1 Å². The van der Waals surface area contributed by atoms with Crippen LogP contribution in [0, 0.1) is 0 Å². The number of Topliss-reactive ketones (excluding diaryl/α,β-unsaturated/α-hetero) is 1. The summed E-state index contributed by atoms with van der Waals surface area (Å²) < 4.78 is 10.9. The number of hydrogen-bond acceptors (Lipinski definition) is 6. The molecule has 1 aromatic heterocycles. The number of rotatable bonds is 1. The van der Waals surface area contributed by atoms with Crippen LogP contribution in [-0.2, 0) is 4.79 Å². The molecule has 1 aliphatic heterocycles. The molecule has 0 unspecified atom stereocenters. The van der Waals surface area contributed by atoms with Gasteiger partial charge in [-0.25, -0.2) is 4.79 Å². The molecule has 1 N–H and O–H groups in total. The van der Waals surface area contributed by atoms with Crippen molar-refractivity contribution in [2.75, 3.05) is 0 Å². The first-order chi connectivity index (χ1) is 9.94. The van der Waals surface area contributed by atoms with Crippen molar-refractivity contribution in [3.05, 3.63) is 40.2 Å². The fraction of sp³-hybridized carbons (Fsp3) is 0.267. The second-order valence-corrected chi connectivity index (χ2v) is 5.37. The number of nitrogens with zero attached hydrogens (tertiary/aromatic N) is 1. The molecule has 0 amide bonds. The third-order valence-corrected chi connectivity index (χ3v) is 3.56. The van der Waals surface area contributed by atoms with Gasteiger partial charge in [0.1, 0.15) is 11.3 Å². The van der Waals surface area contributed by atoms with Crippen molar-refractivity contribution in [2.45, 2.75) is 25.4 Å². The van der Waals surface area contributed by atoms with Crippen LogP contribution in [0.1, 0.15) is 25.3 Å². The molecule has 0 aliphatic carbocycles. The van der Waals surface area contributed by atoms with Gasteiger partial charge in [0.25, 0.3) is 0 Å². The van der Waals surface area contributed by atoms with Crippen LogP contribution in [0.15, 0.2) is 38.6 Å². The van der Waals surface area contributed by atoms with E-state index in [4.69, 9.17) is 14.4 Å². The van der Waals surface area contributed by atoms with Gasteiger partial charge in [-0.3, -0.25) is 4.79 Å². The standard InChI is InChI=1S/C15H13NO5/c1-15(2)14(18)9(7-16-19)12-10(21-15)5-3-8-4-6-11(17)20-13(8)12/h3-7,9,19H,1-2H3/b16-7-/t9-/m0/s1. The second kappa shape index (κ2) is 4.44. The largest absolute Gasteiger partial charge is 0.480 e. The Labute approximate surface area is 119 Å². The second-order valence-electron chi connectivity index (χ2n) is 5.37. The Hall–Kier alpha value is -2.63. The lowest BCUT2D eigenvalue weighted by Gasteiger charge is -2.34. The molecule has 108 valence electrons. The fourth-order valence-corrected chi connectivity index (χ4v) is 2.56. The van der Waals surface area contributed by atoms with Crippen LogP contribution in [0.4, 0.5) is 0 Å². The molecule has 0 saturated heterocycles. The highest BCUT2D eigenvalue weighted by Gasteiger charge is 2.43. The summed E-state index contributed by atoms with van der Waals surface area (Å²) in [5, 5.41) is 12.5. The van der Waals surface area contributed by atoms with Gasteiger partial charge in [-0.05, 0) is 32.0 Å². The van der Waals surface area contributed by atoms with Crippen LogP contribution >= 0.6 is 0 Å². The topological polar surface area (TPSA) is 89.1 Å². The maximum atomic E-state index is 12.5. The average molecular weight is 287 g/mol. The highest BCUT2D eigenvalue weighted by molar-refractivity contribution is 6.09. The summed E-state index contributed by atoms with van der Waals surface area (Å²) in [5.41, 5.74) is -0.893. The molecule has 21 heavy (non-hydrogen) atoms. The van der Waals surface area contributed by atoms with Gasteiger partial charge in [0, 0.05) is 11.5 Å². The molecule has 2 aromatic rings. The Balaban J connectivity index is 2.38. The van der Waals surface area contributed by atoms with E-state index in [9.17, 15) is 9.59 Å². The lowest BCUT2D eigenvalue weighted by Crippen LogP contribution is -2.45. The monoisotopic (exact) mass is 287 g/mol. The summed E-state index contributed by atoms with van der Waals surface area (Å²) in [6.07, 6.45) is 1.12. The third-order valence-electron chi connectivity index (χ3n) is 3.56. The molecular weight excluding hydrogens is 274 g/mol. The zero-order valence-electron chi connectivity index (χ0n) is 11.5. The highest BCUT2D eigenvalue weighted by atomic mass is 16.5. The summed E-state index contributed by atoms with van der Waals surface area (Å²) >= 11 is 0. The molecule has 0 bridgehead atoms. The van der Waals surface area contributed by atoms with Crippen LogP contribution in [-0.4, -0.2) is 22.8 Å². The van der Waals surface area contributed by atoms with Crippen molar-refractivity contribution in [3.8, 4) is 5.75 Å². The molecule has 6 nitrogen and oxygen atoms in total. The zero-order chi connectivity index (χ0) is 15.2. The first-order valence-corrected chi connectivity index (χ1v) is 6.41. The molecule has 1 atom stereocenters. The number of carbonyl (C=O) groups is 1. The number of benzene rings is 1. The van der Waals surface area contributed by atoms with E-state index in [-0.39, 0.29) is 11.4 Å². The SMILES string of the molecule is CC1(C)Oc2ccc3ccc(=O)oc3c2[C@H](/C=N\O)C1=O. The molecule has 0 saturated carbocycles. The van der Waals surface area contributed by atoms with Gasteiger partial charge in [0.15, 0.2) is 11.4 Å². The quantitative estimate of drug-likeness (QED) is 0.375. The molecule has 3 rings (SSSR count). The molecule has 6 heteroatoms. The summed E-state index contributed by atoms with van der Waals surface area (Å²) in [6.45, 7) is 3.28. The molecule has 1 aliphatic rings. The van der Waals surface area contributed by atoms with Gasteiger partial charge in [0.2, 0.25) is 0 Å². The van der Waals surface area contributed by atoms with Crippen molar-refractivity contribution >= 4 is 23.0 Å². The maximum absolute atomic E-state index is 12.5. The van der Waals surface area contributed by atoms with E-state index >= 15 is 0 Å². The number of ether oxygens (including phenoxy) is 1. The maximum Gasteiger partial charge on any atom is 0.336 e. The predicted octanol–water partition coefficient (Wildman–Crippen LogP) is 2.08. The normalized spacial score (nSPS) is 20.5. The number of fused-ring (bicyclic) bond motifs is 3. The number of oxime groups is 1. The minimum Gasteiger partial charge on any atom is -0.480 e. The van der Waals surface area contributed by atoms with Crippen LogP contribution in [0.25, 0.3) is 11.0 Å². The van der Waals surface area contributed by atoms with Gasteiger partial charge in [-0.2, -0.15) is 0 Å². The van der Waals surface area contributed by atoms with Gasteiger partial charge in [-0.15, -0.1) is 5.16 Å². The molecule has 0 spiro atoms. The van der Waals surface area contributed by atoms with E-state index in [0.717, 1.165) is 6.21 Å². The molecule has 2 heterocycles. The average Bonchev–Trinajstić information content (AvgIpc) is 2.43. The van der Waals surface area contributed by atoms with Gasteiger partial charge >= 0.3 is 5.63 Å². The Morgan fingerprint density at radius 3 is 2.67 bits per heavy atom. The van der Waals surface area contributed by atoms with Crippen molar-refractivity contribution in [1.29, 1.82) is 0 Å². The predicted molar refractivity (Wildman–Crippen MR) is 75.2 cm³/mol. The minimum absolute atomic E-state index is 0.271. The van der Waals surface area contributed by atoms with E-state index in [1.807, 2.05) is 0 Å². The smallest absolute Gasteiger partial charge is 0.336 e. The summed E-state index contributed by atoms with van der Waals surface area (Å²) in [7, 11) is 0. The summed E-state index contributed by atoms with van der Waals surface area (Å²) in [6, 6.07) is 6.37. The number of carbonyl (C=O) groups excluding carboxylic acids is 1.